The van der Waals surface area contributed by atoms with Gasteiger partial charge in [0.2, 0.25) is 0 Å². The largest absolute Gasteiger partial charge is 0.488 e. The van der Waals surface area contributed by atoms with Gasteiger partial charge in [0.15, 0.2) is 0 Å². The fourth-order valence-electron chi connectivity index (χ4n) is 1.85. The summed E-state index contributed by atoms with van der Waals surface area (Å²) in [7, 11) is 0. The second-order valence-electron chi connectivity index (χ2n) is 4.28. The molecule has 2 rings (SSSR count). The molecule has 0 amide bonds. The quantitative estimate of drug-likeness (QED) is 0.826. The number of rotatable bonds is 6. The number of hydrogen-bond acceptors (Lipinski definition) is 1. The Morgan fingerprint density at radius 2 is 1.67 bits per heavy atom. The molecule has 18 heavy (non-hydrogen) atoms. The molecule has 2 aromatic rings. The van der Waals surface area contributed by atoms with Gasteiger partial charge in [-0.05, 0) is 24.6 Å². The zero-order chi connectivity index (χ0) is 12.6. The molecule has 0 unspecified atom stereocenters. The van der Waals surface area contributed by atoms with Crippen molar-refractivity contribution in [3.63, 3.8) is 0 Å². The Balaban J connectivity index is 2.00. The minimum Gasteiger partial charge on any atom is -0.488 e. The van der Waals surface area contributed by atoms with E-state index >= 15 is 0 Å². The van der Waals surface area contributed by atoms with E-state index in [0.717, 1.165) is 18.8 Å². The van der Waals surface area contributed by atoms with Crippen LogP contribution in [-0.2, 0) is 13.2 Å². The maximum absolute atomic E-state index is 5.90. The van der Waals surface area contributed by atoms with Crippen LogP contribution in [-0.4, -0.2) is 6.54 Å². The SMILES string of the molecule is CC[NH2+]Cc1ccccc1OCc1ccccc1. The van der Waals surface area contributed by atoms with Gasteiger partial charge in [-0.25, -0.2) is 0 Å². The third-order valence-corrected chi connectivity index (χ3v) is 2.86. The normalized spacial score (nSPS) is 10.3. The van der Waals surface area contributed by atoms with Gasteiger partial charge in [0.1, 0.15) is 18.9 Å². The van der Waals surface area contributed by atoms with Crippen molar-refractivity contribution in [2.24, 2.45) is 0 Å². The molecular weight excluding hydrogens is 222 g/mol. The van der Waals surface area contributed by atoms with E-state index in [9.17, 15) is 0 Å². The summed E-state index contributed by atoms with van der Waals surface area (Å²) < 4.78 is 5.90. The van der Waals surface area contributed by atoms with Crippen molar-refractivity contribution in [3.05, 3.63) is 65.7 Å². The van der Waals surface area contributed by atoms with E-state index < -0.39 is 0 Å². The fourth-order valence-corrected chi connectivity index (χ4v) is 1.85. The second kappa shape index (κ2) is 6.82. The van der Waals surface area contributed by atoms with Gasteiger partial charge < -0.3 is 10.1 Å². The van der Waals surface area contributed by atoms with Crippen LogP contribution in [0.4, 0.5) is 0 Å². The van der Waals surface area contributed by atoms with Crippen LogP contribution in [0, 0.1) is 0 Å². The van der Waals surface area contributed by atoms with Crippen molar-refractivity contribution in [1.82, 2.24) is 0 Å². The molecule has 0 aliphatic heterocycles. The first kappa shape index (κ1) is 12.7. The van der Waals surface area contributed by atoms with Crippen LogP contribution in [0.5, 0.6) is 5.75 Å². The predicted octanol–water partition coefficient (Wildman–Crippen LogP) is 2.35. The number of nitrogens with two attached hydrogens (primary N) is 1. The van der Waals surface area contributed by atoms with Crippen LogP contribution < -0.4 is 10.1 Å². The smallest absolute Gasteiger partial charge is 0.128 e. The van der Waals surface area contributed by atoms with Gasteiger partial charge in [-0.1, -0.05) is 42.5 Å². The molecule has 0 aromatic heterocycles. The first-order valence-electron chi connectivity index (χ1n) is 6.46. The lowest BCUT2D eigenvalue weighted by Crippen LogP contribution is -2.81. The summed E-state index contributed by atoms with van der Waals surface area (Å²) in [6.45, 7) is 4.85. The Morgan fingerprint density at radius 3 is 2.44 bits per heavy atom. The summed E-state index contributed by atoms with van der Waals surface area (Å²) in [5.74, 6) is 0.992. The molecule has 2 heteroatoms. The van der Waals surface area contributed by atoms with E-state index in [0.29, 0.717) is 6.61 Å². The Kier molecular flexibility index (Phi) is 4.79. The van der Waals surface area contributed by atoms with E-state index in [-0.39, 0.29) is 0 Å². The van der Waals surface area contributed by atoms with Gasteiger partial charge in [-0.2, -0.15) is 0 Å². The molecule has 0 aliphatic carbocycles. The Labute approximate surface area is 109 Å². The highest BCUT2D eigenvalue weighted by Gasteiger charge is 2.04. The Hall–Kier alpha value is -1.80. The number of para-hydroxylation sites is 1. The highest BCUT2D eigenvalue weighted by molar-refractivity contribution is 5.32. The molecule has 0 saturated heterocycles. The van der Waals surface area contributed by atoms with Gasteiger partial charge in [-0.15, -0.1) is 0 Å². The molecule has 94 valence electrons. The number of hydrogen-bond donors (Lipinski definition) is 1. The molecule has 0 spiro atoms. The zero-order valence-electron chi connectivity index (χ0n) is 10.8. The lowest BCUT2D eigenvalue weighted by atomic mass is 10.2. The summed E-state index contributed by atoms with van der Waals surface area (Å²) in [5, 5.41) is 2.27. The number of benzene rings is 2. The summed E-state index contributed by atoms with van der Waals surface area (Å²) in [6.07, 6.45) is 0. The van der Waals surface area contributed by atoms with Crippen molar-refractivity contribution < 1.29 is 10.1 Å². The van der Waals surface area contributed by atoms with Gasteiger partial charge in [0, 0.05) is 5.56 Å². The van der Waals surface area contributed by atoms with E-state index in [1.165, 1.54) is 11.1 Å². The van der Waals surface area contributed by atoms with Crippen LogP contribution in [0.3, 0.4) is 0 Å². The highest BCUT2D eigenvalue weighted by Crippen LogP contribution is 2.18. The molecule has 2 aromatic carbocycles. The fraction of sp³-hybridized carbons (Fsp3) is 0.250. The van der Waals surface area contributed by atoms with Crippen molar-refractivity contribution in [3.8, 4) is 5.75 Å². The molecule has 2 nitrogen and oxygen atoms in total. The lowest BCUT2D eigenvalue weighted by molar-refractivity contribution is -0.667. The summed E-state index contributed by atoms with van der Waals surface area (Å²) >= 11 is 0. The van der Waals surface area contributed by atoms with Crippen molar-refractivity contribution in [2.45, 2.75) is 20.1 Å². The topological polar surface area (TPSA) is 25.8 Å². The molecular formula is C16H20NO+. The highest BCUT2D eigenvalue weighted by atomic mass is 16.5. The maximum Gasteiger partial charge on any atom is 0.128 e. The van der Waals surface area contributed by atoms with Crippen molar-refractivity contribution in [1.29, 1.82) is 0 Å². The van der Waals surface area contributed by atoms with Gasteiger partial charge in [-0.3, -0.25) is 0 Å². The molecule has 0 saturated carbocycles. The average molecular weight is 242 g/mol. The van der Waals surface area contributed by atoms with E-state index in [1.807, 2.05) is 30.3 Å². The Bertz CT molecular complexity index is 468. The predicted molar refractivity (Wildman–Crippen MR) is 73.4 cm³/mol. The van der Waals surface area contributed by atoms with Crippen LogP contribution in [0.1, 0.15) is 18.1 Å². The van der Waals surface area contributed by atoms with Gasteiger partial charge in [0.05, 0.1) is 6.54 Å². The third-order valence-electron chi connectivity index (χ3n) is 2.86. The average Bonchev–Trinajstić information content (AvgIpc) is 2.45. The van der Waals surface area contributed by atoms with Crippen LogP contribution in [0.2, 0.25) is 0 Å². The van der Waals surface area contributed by atoms with Crippen LogP contribution >= 0.6 is 0 Å². The summed E-state index contributed by atoms with van der Waals surface area (Å²) in [6, 6.07) is 18.5. The van der Waals surface area contributed by atoms with Gasteiger partial charge in [0.25, 0.3) is 0 Å². The molecule has 0 fully saturated rings. The second-order valence-corrected chi connectivity index (χ2v) is 4.28. The summed E-state index contributed by atoms with van der Waals surface area (Å²) in [4.78, 5) is 0. The van der Waals surface area contributed by atoms with E-state index in [2.05, 4.69) is 36.5 Å². The minimum absolute atomic E-state index is 0.629. The molecule has 0 heterocycles. The van der Waals surface area contributed by atoms with E-state index in [4.69, 9.17) is 4.74 Å². The monoisotopic (exact) mass is 242 g/mol. The number of quaternary nitrogens is 1. The van der Waals surface area contributed by atoms with Crippen LogP contribution in [0.25, 0.3) is 0 Å². The molecule has 0 aliphatic rings. The number of ether oxygens (including phenoxy) is 1. The first-order valence-corrected chi connectivity index (χ1v) is 6.46. The zero-order valence-corrected chi connectivity index (χ0v) is 10.8. The molecule has 0 radical (unpaired) electrons. The molecule has 0 bridgehead atoms. The third kappa shape index (κ3) is 3.60. The molecule has 0 atom stereocenters. The molecule has 2 N–H and O–H groups in total. The minimum atomic E-state index is 0.629. The maximum atomic E-state index is 5.90. The lowest BCUT2D eigenvalue weighted by Gasteiger charge is -2.10. The van der Waals surface area contributed by atoms with Crippen LogP contribution in [0.15, 0.2) is 54.6 Å². The Morgan fingerprint density at radius 1 is 0.944 bits per heavy atom. The summed E-state index contributed by atoms with van der Waals surface area (Å²) in [5.41, 5.74) is 2.46. The van der Waals surface area contributed by atoms with Crippen molar-refractivity contribution >= 4 is 0 Å². The van der Waals surface area contributed by atoms with E-state index in [1.54, 1.807) is 0 Å². The van der Waals surface area contributed by atoms with Crippen molar-refractivity contribution in [2.75, 3.05) is 6.54 Å². The first-order chi connectivity index (χ1) is 8.90. The standard InChI is InChI=1S/C16H19NO/c1-2-17-12-15-10-6-7-11-16(15)18-13-14-8-4-3-5-9-14/h3-11,17H,2,12-13H2,1H3/p+1. The van der Waals surface area contributed by atoms with Gasteiger partial charge >= 0.3 is 0 Å².